The molecule has 1 aromatic heterocycles. The highest BCUT2D eigenvalue weighted by atomic mass is 35.5. The molecule has 8 nitrogen and oxygen atoms in total. The summed E-state index contributed by atoms with van der Waals surface area (Å²) in [6.45, 7) is 3.82. The second-order valence-corrected chi connectivity index (χ2v) is 8.04. The van der Waals surface area contributed by atoms with Crippen molar-refractivity contribution in [2.24, 2.45) is 0 Å². The number of aromatic nitrogens is 2. The smallest absolute Gasteiger partial charge is 0.324 e. The van der Waals surface area contributed by atoms with Crippen LogP contribution in [0.2, 0.25) is 10.0 Å². The zero-order valence-corrected chi connectivity index (χ0v) is 17.5. The molecule has 3 rings (SSSR count). The standard InChI is InChI=1S/C19H21Cl2N5O3/c1-19(2)17(28)25(18(29)24-19)10-4-7-15(27)23-14-8-9-22-26(14)11-12-5-3-6-13(20)16(12)21/h3,5-6,8-9H,4,7,10-11H2,1-2H3,(H,23,27)(H,24,29). The lowest BCUT2D eigenvalue weighted by molar-refractivity contribution is -0.130. The molecule has 10 heteroatoms. The van der Waals surface area contributed by atoms with E-state index in [2.05, 4.69) is 15.7 Å². The minimum atomic E-state index is -0.909. The number of hydrogen-bond acceptors (Lipinski definition) is 4. The van der Waals surface area contributed by atoms with Crippen molar-refractivity contribution in [1.82, 2.24) is 20.0 Å². The summed E-state index contributed by atoms with van der Waals surface area (Å²) >= 11 is 12.3. The number of amides is 4. The van der Waals surface area contributed by atoms with Crippen LogP contribution in [0, 0.1) is 0 Å². The fourth-order valence-electron chi connectivity index (χ4n) is 3.02. The Morgan fingerprint density at radius 2 is 2.00 bits per heavy atom. The van der Waals surface area contributed by atoms with Gasteiger partial charge in [-0.3, -0.25) is 14.5 Å². The molecule has 4 amide bonds. The van der Waals surface area contributed by atoms with E-state index in [0.29, 0.717) is 28.8 Å². The molecule has 0 spiro atoms. The average molecular weight is 438 g/mol. The van der Waals surface area contributed by atoms with Crippen LogP contribution in [0.1, 0.15) is 32.3 Å². The van der Waals surface area contributed by atoms with Crippen LogP contribution in [0.25, 0.3) is 0 Å². The zero-order chi connectivity index (χ0) is 21.2. The molecule has 2 heterocycles. The molecule has 0 unspecified atom stereocenters. The molecule has 1 saturated heterocycles. The van der Waals surface area contributed by atoms with Crippen LogP contribution in [0.3, 0.4) is 0 Å². The SMILES string of the molecule is CC1(C)NC(=O)N(CCCC(=O)Nc2ccnn2Cc2cccc(Cl)c2Cl)C1=O. The van der Waals surface area contributed by atoms with Crippen LogP contribution in [-0.2, 0) is 16.1 Å². The zero-order valence-electron chi connectivity index (χ0n) is 16.0. The number of carbonyl (C=O) groups excluding carboxylic acids is 3. The van der Waals surface area contributed by atoms with Gasteiger partial charge in [-0.15, -0.1) is 0 Å². The minimum absolute atomic E-state index is 0.153. The molecule has 0 atom stereocenters. The van der Waals surface area contributed by atoms with E-state index in [-0.39, 0.29) is 24.8 Å². The van der Waals surface area contributed by atoms with Crippen LogP contribution < -0.4 is 10.6 Å². The van der Waals surface area contributed by atoms with Crippen molar-refractivity contribution >= 4 is 46.9 Å². The summed E-state index contributed by atoms with van der Waals surface area (Å²) in [5, 5.41) is 10.5. The first kappa shape index (κ1) is 21.1. The highest BCUT2D eigenvalue weighted by Gasteiger charge is 2.43. The van der Waals surface area contributed by atoms with E-state index in [0.717, 1.165) is 10.5 Å². The molecule has 0 bridgehead atoms. The Bertz CT molecular complexity index is 957. The lowest BCUT2D eigenvalue weighted by atomic mass is 10.1. The predicted molar refractivity (Wildman–Crippen MR) is 110 cm³/mol. The molecule has 1 aliphatic heterocycles. The highest BCUT2D eigenvalue weighted by molar-refractivity contribution is 6.42. The minimum Gasteiger partial charge on any atom is -0.324 e. The summed E-state index contributed by atoms with van der Waals surface area (Å²) in [5.41, 5.74) is -0.132. The molecule has 2 N–H and O–H groups in total. The summed E-state index contributed by atoms with van der Waals surface area (Å²) in [4.78, 5) is 37.4. The first-order valence-corrected chi connectivity index (χ1v) is 9.83. The first-order chi connectivity index (χ1) is 13.7. The van der Waals surface area contributed by atoms with Gasteiger partial charge in [-0.2, -0.15) is 5.10 Å². The van der Waals surface area contributed by atoms with Gasteiger partial charge >= 0.3 is 6.03 Å². The number of urea groups is 1. The van der Waals surface area contributed by atoms with E-state index in [1.165, 1.54) is 0 Å². The number of anilines is 1. The topological polar surface area (TPSA) is 96.3 Å². The molecule has 1 fully saturated rings. The Balaban J connectivity index is 1.54. The molecule has 0 radical (unpaired) electrons. The maximum absolute atomic E-state index is 12.3. The van der Waals surface area contributed by atoms with Gasteiger partial charge in [-0.1, -0.05) is 35.3 Å². The summed E-state index contributed by atoms with van der Waals surface area (Å²) in [7, 11) is 0. The lowest BCUT2D eigenvalue weighted by Gasteiger charge is -2.15. The maximum atomic E-state index is 12.3. The number of imide groups is 1. The van der Waals surface area contributed by atoms with E-state index in [1.54, 1.807) is 42.9 Å². The third kappa shape index (κ3) is 4.71. The molecule has 29 heavy (non-hydrogen) atoms. The number of rotatable bonds is 7. The third-order valence-electron chi connectivity index (χ3n) is 4.57. The number of hydrogen-bond donors (Lipinski definition) is 2. The normalized spacial score (nSPS) is 15.5. The number of nitrogens with zero attached hydrogens (tertiary/aromatic N) is 3. The van der Waals surface area contributed by atoms with Gasteiger partial charge in [0.25, 0.3) is 5.91 Å². The summed E-state index contributed by atoms with van der Waals surface area (Å²) in [5.74, 6) is -0.0168. The van der Waals surface area contributed by atoms with Crippen molar-refractivity contribution in [2.75, 3.05) is 11.9 Å². The van der Waals surface area contributed by atoms with E-state index in [1.807, 2.05) is 6.07 Å². The summed E-state index contributed by atoms with van der Waals surface area (Å²) in [6, 6.07) is 6.57. The van der Waals surface area contributed by atoms with E-state index >= 15 is 0 Å². The monoisotopic (exact) mass is 437 g/mol. The fraction of sp³-hybridized carbons (Fsp3) is 0.368. The molecule has 1 aromatic carbocycles. The Morgan fingerprint density at radius 1 is 1.24 bits per heavy atom. The van der Waals surface area contributed by atoms with Crippen LogP contribution in [0.15, 0.2) is 30.5 Å². The summed E-state index contributed by atoms with van der Waals surface area (Å²) in [6.07, 6.45) is 2.08. The number of halogens is 2. The fourth-order valence-corrected chi connectivity index (χ4v) is 3.40. The van der Waals surface area contributed by atoms with Crippen LogP contribution in [0.4, 0.5) is 10.6 Å². The van der Waals surface area contributed by atoms with Crippen molar-refractivity contribution < 1.29 is 14.4 Å². The largest absolute Gasteiger partial charge is 0.325 e. The summed E-state index contributed by atoms with van der Waals surface area (Å²) < 4.78 is 1.61. The van der Waals surface area contributed by atoms with Crippen LogP contribution in [0.5, 0.6) is 0 Å². The second kappa shape index (κ2) is 8.42. The van der Waals surface area contributed by atoms with Gasteiger partial charge in [-0.25, -0.2) is 9.48 Å². The molecule has 154 valence electrons. The van der Waals surface area contributed by atoms with Crippen molar-refractivity contribution in [3.8, 4) is 0 Å². The number of benzene rings is 1. The second-order valence-electron chi connectivity index (χ2n) is 7.25. The van der Waals surface area contributed by atoms with E-state index < -0.39 is 11.6 Å². The van der Waals surface area contributed by atoms with Gasteiger partial charge in [0.2, 0.25) is 5.91 Å². The van der Waals surface area contributed by atoms with E-state index in [4.69, 9.17) is 23.2 Å². The lowest BCUT2D eigenvalue weighted by Crippen LogP contribution is -2.40. The van der Waals surface area contributed by atoms with Crippen molar-refractivity contribution in [2.45, 2.75) is 38.8 Å². The molecule has 0 saturated carbocycles. The van der Waals surface area contributed by atoms with Gasteiger partial charge in [0.05, 0.1) is 22.8 Å². The Morgan fingerprint density at radius 3 is 2.69 bits per heavy atom. The van der Waals surface area contributed by atoms with Crippen LogP contribution in [-0.4, -0.2) is 44.6 Å². The molecule has 2 aromatic rings. The molecule has 0 aliphatic carbocycles. The van der Waals surface area contributed by atoms with E-state index in [9.17, 15) is 14.4 Å². The molecular weight excluding hydrogens is 417 g/mol. The van der Waals surface area contributed by atoms with Gasteiger partial charge < -0.3 is 10.6 Å². The van der Waals surface area contributed by atoms with Gasteiger partial charge in [0, 0.05) is 19.0 Å². The first-order valence-electron chi connectivity index (χ1n) is 9.07. The Kier molecular flexibility index (Phi) is 6.14. The molecular formula is C19H21Cl2N5O3. The molecule has 1 aliphatic rings. The quantitative estimate of drug-likeness (QED) is 0.649. The van der Waals surface area contributed by atoms with Gasteiger partial charge in [-0.05, 0) is 31.9 Å². The van der Waals surface area contributed by atoms with Gasteiger partial charge in [0.15, 0.2) is 0 Å². The highest BCUT2D eigenvalue weighted by Crippen LogP contribution is 2.26. The Labute approximate surface area is 178 Å². The maximum Gasteiger partial charge on any atom is 0.325 e. The average Bonchev–Trinajstić information content (AvgIpc) is 3.15. The predicted octanol–water partition coefficient (Wildman–Crippen LogP) is 3.29. The number of nitrogens with one attached hydrogen (secondary N) is 2. The third-order valence-corrected chi connectivity index (χ3v) is 5.42. The van der Waals surface area contributed by atoms with Crippen molar-refractivity contribution in [3.63, 3.8) is 0 Å². The van der Waals surface area contributed by atoms with Gasteiger partial charge in [0.1, 0.15) is 11.4 Å². The number of carbonyl (C=O) groups is 3. The van der Waals surface area contributed by atoms with Crippen molar-refractivity contribution in [3.05, 3.63) is 46.1 Å². The van der Waals surface area contributed by atoms with Crippen molar-refractivity contribution in [1.29, 1.82) is 0 Å². The Hall–Kier alpha value is -2.58. The van der Waals surface area contributed by atoms with Crippen LogP contribution >= 0.6 is 23.2 Å².